The first-order valence-electron chi connectivity index (χ1n) is 10.3. The molecule has 0 amide bonds. The van der Waals surface area contributed by atoms with Crippen molar-refractivity contribution in [3.05, 3.63) is 35.9 Å². The highest BCUT2D eigenvalue weighted by Crippen LogP contribution is 2.13. The van der Waals surface area contributed by atoms with Crippen LogP contribution in [-0.4, -0.2) is 41.9 Å². The second-order valence-electron chi connectivity index (χ2n) is 7.83. The monoisotopic (exact) mass is 438 g/mol. The van der Waals surface area contributed by atoms with Gasteiger partial charge < -0.3 is 15.2 Å². The maximum Gasteiger partial charge on any atom is 0.330 e. The number of unbranched alkanes of at least 4 members (excludes halogenated alkanes) is 1. The number of rotatable bonds is 9. The maximum atomic E-state index is 11.4. The van der Waals surface area contributed by atoms with Crippen molar-refractivity contribution in [2.24, 2.45) is 10.7 Å². The Balaban J connectivity index is -0.000000485. The second kappa shape index (κ2) is 17.5. The van der Waals surface area contributed by atoms with Gasteiger partial charge >= 0.3 is 11.9 Å². The van der Waals surface area contributed by atoms with Gasteiger partial charge in [0.15, 0.2) is 0 Å². The highest BCUT2D eigenvalue weighted by Gasteiger charge is 2.29. The third-order valence-electron chi connectivity index (χ3n) is 3.80. The molecule has 2 unspecified atom stereocenters. The van der Waals surface area contributed by atoms with Crippen LogP contribution in [0.2, 0.25) is 0 Å². The van der Waals surface area contributed by atoms with Gasteiger partial charge in [0.25, 0.3) is 0 Å². The van der Waals surface area contributed by atoms with E-state index in [1.807, 2.05) is 58.0 Å². The number of hydrogen-bond donors (Lipinski definition) is 1. The molecule has 0 aromatic heterocycles. The van der Waals surface area contributed by atoms with Crippen molar-refractivity contribution in [2.75, 3.05) is 0 Å². The van der Waals surface area contributed by atoms with Gasteiger partial charge in [-0.3, -0.25) is 9.79 Å². The standard InChI is InChI=1S/C13H17NO2.C10H21NO2.2CH4/c1-10(2)16-13(15)11(3)14-9-12-7-5-4-6-8-12;1-5-6-7-10(4,11)9(12)13-8(2)3;;/h4-11H,1-3H3;8H,5-7,11H2,1-4H3;2*1H4. The van der Waals surface area contributed by atoms with E-state index in [9.17, 15) is 9.59 Å². The molecule has 0 radical (unpaired) electrons. The molecule has 1 rings (SSSR count). The number of hydrogen-bond acceptors (Lipinski definition) is 6. The minimum atomic E-state index is -0.819. The van der Waals surface area contributed by atoms with Crippen LogP contribution < -0.4 is 5.73 Å². The molecular weight excluding hydrogens is 392 g/mol. The zero-order chi connectivity index (χ0) is 22.4. The van der Waals surface area contributed by atoms with E-state index < -0.39 is 11.6 Å². The van der Waals surface area contributed by atoms with Gasteiger partial charge in [-0.05, 0) is 53.5 Å². The highest BCUT2D eigenvalue weighted by molar-refractivity contribution is 5.83. The molecule has 31 heavy (non-hydrogen) atoms. The zero-order valence-corrected chi connectivity index (χ0v) is 19.0. The van der Waals surface area contributed by atoms with E-state index in [0.717, 1.165) is 18.4 Å². The lowest BCUT2D eigenvalue weighted by molar-refractivity contribution is -0.153. The molecule has 0 heterocycles. The largest absolute Gasteiger partial charge is 0.462 e. The van der Waals surface area contributed by atoms with Crippen LogP contribution in [-0.2, 0) is 19.1 Å². The summed E-state index contributed by atoms with van der Waals surface area (Å²) in [6.07, 6.45) is 4.20. The van der Waals surface area contributed by atoms with Crippen molar-refractivity contribution in [3.63, 3.8) is 0 Å². The SMILES string of the molecule is C.C.CC(C)OC(=O)C(C)N=Cc1ccccc1.CCCCC(C)(N)C(=O)OC(C)C. The average Bonchev–Trinajstić information content (AvgIpc) is 2.64. The van der Waals surface area contributed by atoms with Crippen molar-refractivity contribution in [1.82, 2.24) is 0 Å². The van der Waals surface area contributed by atoms with Gasteiger partial charge in [0.2, 0.25) is 0 Å². The zero-order valence-electron chi connectivity index (χ0n) is 19.0. The fraction of sp³-hybridized carbons (Fsp3) is 0.640. The van der Waals surface area contributed by atoms with Crippen molar-refractivity contribution in [2.45, 2.75) is 106 Å². The summed E-state index contributed by atoms with van der Waals surface area (Å²) in [7, 11) is 0. The van der Waals surface area contributed by atoms with Gasteiger partial charge in [-0.15, -0.1) is 0 Å². The molecule has 0 aliphatic carbocycles. The summed E-state index contributed by atoms with van der Waals surface area (Å²) in [4.78, 5) is 27.0. The number of carbonyl (C=O) groups excluding carboxylic acids is 2. The molecule has 2 atom stereocenters. The van der Waals surface area contributed by atoms with Crippen LogP contribution >= 0.6 is 0 Å². The molecule has 6 nitrogen and oxygen atoms in total. The fourth-order valence-corrected chi connectivity index (χ4v) is 2.12. The lowest BCUT2D eigenvalue weighted by Gasteiger charge is -2.23. The molecular formula is C25H46N2O4. The first kappa shape index (κ1) is 33.4. The van der Waals surface area contributed by atoms with E-state index >= 15 is 0 Å². The fourth-order valence-electron chi connectivity index (χ4n) is 2.12. The van der Waals surface area contributed by atoms with E-state index in [4.69, 9.17) is 15.2 Å². The molecule has 0 saturated carbocycles. The molecule has 6 heteroatoms. The van der Waals surface area contributed by atoms with Crippen molar-refractivity contribution in [3.8, 4) is 0 Å². The van der Waals surface area contributed by atoms with E-state index in [1.165, 1.54) is 0 Å². The van der Waals surface area contributed by atoms with Crippen LogP contribution in [0.3, 0.4) is 0 Å². The maximum absolute atomic E-state index is 11.4. The van der Waals surface area contributed by atoms with Crippen LogP contribution in [0.25, 0.3) is 0 Å². The Bertz CT molecular complexity index is 626. The van der Waals surface area contributed by atoms with Crippen LogP contribution in [0.1, 0.15) is 88.1 Å². The summed E-state index contributed by atoms with van der Waals surface area (Å²) >= 11 is 0. The first-order chi connectivity index (χ1) is 13.5. The highest BCUT2D eigenvalue weighted by atomic mass is 16.5. The van der Waals surface area contributed by atoms with Gasteiger partial charge in [0.05, 0.1) is 12.2 Å². The third kappa shape index (κ3) is 16.2. The van der Waals surface area contributed by atoms with Crippen molar-refractivity contribution >= 4 is 18.2 Å². The molecule has 0 aliphatic rings. The smallest absolute Gasteiger partial charge is 0.330 e. The molecule has 2 N–H and O–H groups in total. The number of nitrogens with zero attached hydrogens (tertiary/aromatic N) is 1. The molecule has 0 fully saturated rings. The van der Waals surface area contributed by atoms with Crippen LogP contribution in [0.4, 0.5) is 0 Å². The topological polar surface area (TPSA) is 91.0 Å². The number of benzene rings is 1. The number of aliphatic imine (C=N–C) groups is 1. The molecule has 0 aliphatic heterocycles. The Kier molecular flexibility index (Phi) is 18.8. The third-order valence-corrected chi connectivity index (χ3v) is 3.80. The van der Waals surface area contributed by atoms with E-state index in [1.54, 1.807) is 20.1 Å². The number of nitrogens with two attached hydrogens (primary N) is 1. The lowest BCUT2D eigenvalue weighted by Crippen LogP contribution is -2.46. The Hall–Kier alpha value is -2.21. The van der Waals surface area contributed by atoms with Gasteiger partial charge in [0, 0.05) is 6.21 Å². The van der Waals surface area contributed by atoms with E-state index in [2.05, 4.69) is 11.9 Å². The minimum absolute atomic E-state index is 0. The molecule has 0 bridgehead atoms. The summed E-state index contributed by atoms with van der Waals surface area (Å²) in [6.45, 7) is 12.8. The summed E-state index contributed by atoms with van der Waals surface area (Å²) in [5.74, 6) is -0.585. The summed E-state index contributed by atoms with van der Waals surface area (Å²) in [5, 5.41) is 0. The van der Waals surface area contributed by atoms with Crippen molar-refractivity contribution in [1.29, 1.82) is 0 Å². The molecule has 0 saturated heterocycles. The van der Waals surface area contributed by atoms with Crippen LogP contribution in [0.15, 0.2) is 35.3 Å². The van der Waals surface area contributed by atoms with E-state index in [-0.39, 0.29) is 39.0 Å². The Labute approximate surface area is 190 Å². The Morgan fingerprint density at radius 3 is 2.00 bits per heavy atom. The van der Waals surface area contributed by atoms with Crippen LogP contribution in [0.5, 0.6) is 0 Å². The number of carbonyl (C=O) groups is 2. The van der Waals surface area contributed by atoms with E-state index in [0.29, 0.717) is 6.42 Å². The molecule has 1 aromatic carbocycles. The van der Waals surface area contributed by atoms with Gasteiger partial charge in [-0.1, -0.05) is 65.0 Å². The van der Waals surface area contributed by atoms with Crippen LogP contribution in [0, 0.1) is 0 Å². The molecule has 0 spiro atoms. The second-order valence-corrected chi connectivity index (χ2v) is 7.83. The number of esters is 2. The summed E-state index contributed by atoms with van der Waals surface area (Å²) < 4.78 is 10.1. The minimum Gasteiger partial charge on any atom is -0.462 e. The predicted octanol–water partition coefficient (Wildman–Crippen LogP) is 5.56. The van der Waals surface area contributed by atoms with Gasteiger partial charge in [-0.25, -0.2) is 4.79 Å². The number of ether oxygens (including phenoxy) is 2. The lowest BCUT2D eigenvalue weighted by atomic mass is 9.96. The van der Waals surface area contributed by atoms with Crippen molar-refractivity contribution < 1.29 is 19.1 Å². The summed E-state index contributed by atoms with van der Waals surface area (Å²) in [5.41, 5.74) is 5.98. The summed E-state index contributed by atoms with van der Waals surface area (Å²) in [6, 6.07) is 9.21. The Morgan fingerprint density at radius 1 is 1.03 bits per heavy atom. The predicted molar refractivity (Wildman–Crippen MR) is 132 cm³/mol. The first-order valence-corrected chi connectivity index (χ1v) is 10.3. The average molecular weight is 439 g/mol. The Morgan fingerprint density at radius 2 is 1.55 bits per heavy atom. The molecule has 180 valence electrons. The van der Waals surface area contributed by atoms with Gasteiger partial charge in [-0.2, -0.15) is 0 Å². The normalized spacial score (nSPS) is 13.2. The quantitative estimate of drug-likeness (QED) is 0.402. The molecule has 1 aromatic rings. The van der Waals surface area contributed by atoms with Gasteiger partial charge in [0.1, 0.15) is 11.6 Å².